The van der Waals surface area contributed by atoms with Crippen molar-refractivity contribution in [3.05, 3.63) is 0 Å². The molecule has 0 aromatic heterocycles. The van der Waals surface area contributed by atoms with Gasteiger partial charge in [0.05, 0.1) is 0 Å². The van der Waals surface area contributed by atoms with Gasteiger partial charge in [-0.2, -0.15) is 17.0 Å². The fraction of sp³-hybridized carbons (Fsp3) is 1.00. The zero-order valence-corrected chi connectivity index (χ0v) is 12.5. The van der Waals surface area contributed by atoms with Crippen molar-refractivity contribution >= 4 is 10.2 Å². The van der Waals surface area contributed by atoms with E-state index in [-0.39, 0.29) is 6.04 Å². The van der Waals surface area contributed by atoms with E-state index in [1.165, 1.54) is 12.8 Å². The van der Waals surface area contributed by atoms with Crippen LogP contribution >= 0.6 is 0 Å². The number of hydrogen-bond acceptors (Lipinski definition) is 3. The Labute approximate surface area is 116 Å². The Morgan fingerprint density at radius 1 is 1.11 bits per heavy atom. The van der Waals surface area contributed by atoms with Crippen molar-refractivity contribution in [2.24, 2.45) is 5.92 Å². The monoisotopic (exact) mass is 287 g/mol. The average Bonchev–Trinajstić information content (AvgIpc) is 2.83. The molecule has 0 aromatic rings. The van der Waals surface area contributed by atoms with Crippen molar-refractivity contribution in [3.8, 4) is 0 Å². The molecule has 3 aliphatic heterocycles. The van der Waals surface area contributed by atoms with Crippen LogP contribution in [0.4, 0.5) is 0 Å². The van der Waals surface area contributed by atoms with Gasteiger partial charge in [0.1, 0.15) is 0 Å². The standard InChI is InChI=1S/C13H25N3O2S/c1-11-5-2-3-8-16(11)19(17,18)15-9-12-6-4-7-14-13(12)10-15/h11-14H,2-10H2,1H3. The minimum absolute atomic E-state index is 0.161. The normalized spacial score (nSPS) is 38.3. The maximum atomic E-state index is 12.8. The van der Waals surface area contributed by atoms with Gasteiger partial charge in [0.15, 0.2) is 0 Å². The first-order valence-electron chi connectivity index (χ1n) is 7.59. The molecule has 3 unspecified atom stereocenters. The minimum Gasteiger partial charge on any atom is -0.312 e. The lowest BCUT2D eigenvalue weighted by atomic mass is 9.94. The van der Waals surface area contributed by atoms with Gasteiger partial charge in [0.25, 0.3) is 10.2 Å². The molecule has 110 valence electrons. The van der Waals surface area contributed by atoms with E-state index in [1.54, 1.807) is 8.61 Å². The van der Waals surface area contributed by atoms with Crippen LogP contribution in [0.2, 0.25) is 0 Å². The van der Waals surface area contributed by atoms with Gasteiger partial charge in [-0.1, -0.05) is 6.42 Å². The predicted octanol–water partition coefficient (Wildman–Crippen LogP) is 0.789. The van der Waals surface area contributed by atoms with E-state index in [2.05, 4.69) is 5.32 Å². The molecule has 3 aliphatic rings. The largest absolute Gasteiger partial charge is 0.312 e. The highest BCUT2D eigenvalue weighted by Gasteiger charge is 2.43. The second-order valence-electron chi connectivity index (χ2n) is 6.24. The molecule has 3 heterocycles. The smallest absolute Gasteiger partial charge is 0.282 e. The summed E-state index contributed by atoms with van der Waals surface area (Å²) in [6.07, 6.45) is 5.50. The lowest BCUT2D eigenvalue weighted by Crippen LogP contribution is -2.49. The number of fused-ring (bicyclic) bond motifs is 1. The maximum absolute atomic E-state index is 12.8. The first-order valence-corrected chi connectivity index (χ1v) is 8.99. The van der Waals surface area contributed by atoms with Crippen LogP contribution in [-0.2, 0) is 10.2 Å². The Bertz CT molecular complexity index is 412. The molecule has 1 N–H and O–H groups in total. The van der Waals surface area contributed by atoms with Crippen molar-refractivity contribution in [2.45, 2.75) is 51.1 Å². The molecule has 0 aliphatic carbocycles. The Morgan fingerprint density at radius 2 is 1.95 bits per heavy atom. The van der Waals surface area contributed by atoms with Gasteiger partial charge >= 0.3 is 0 Å². The summed E-state index contributed by atoms with van der Waals surface area (Å²) >= 11 is 0. The molecule has 19 heavy (non-hydrogen) atoms. The molecular formula is C13H25N3O2S. The first kappa shape index (κ1) is 13.8. The molecule has 3 saturated heterocycles. The minimum atomic E-state index is -3.24. The van der Waals surface area contributed by atoms with Crippen LogP contribution in [0.5, 0.6) is 0 Å². The number of nitrogens with zero attached hydrogens (tertiary/aromatic N) is 2. The van der Waals surface area contributed by atoms with Crippen LogP contribution in [0.1, 0.15) is 39.0 Å². The molecular weight excluding hydrogens is 262 g/mol. The second-order valence-corrected chi connectivity index (χ2v) is 8.12. The van der Waals surface area contributed by atoms with E-state index in [4.69, 9.17) is 0 Å². The third-order valence-corrected chi connectivity index (χ3v) is 7.02. The highest BCUT2D eigenvalue weighted by atomic mass is 32.2. The summed E-state index contributed by atoms with van der Waals surface area (Å²) in [5, 5.41) is 3.47. The molecule has 3 rings (SSSR count). The summed E-state index contributed by atoms with van der Waals surface area (Å²) in [6.45, 7) is 5.15. The van der Waals surface area contributed by atoms with E-state index in [1.807, 2.05) is 6.92 Å². The first-order chi connectivity index (χ1) is 9.09. The maximum Gasteiger partial charge on any atom is 0.282 e. The predicted molar refractivity (Wildman–Crippen MR) is 75.0 cm³/mol. The summed E-state index contributed by atoms with van der Waals surface area (Å²) in [7, 11) is -3.24. The SMILES string of the molecule is CC1CCCCN1S(=O)(=O)N1CC2CCCNC2C1. The summed E-state index contributed by atoms with van der Waals surface area (Å²) in [5.41, 5.74) is 0. The Balaban J connectivity index is 1.73. The second kappa shape index (κ2) is 5.31. The van der Waals surface area contributed by atoms with Crippen molar-refractivity contribution in [3.63, 3.8) is 0 Å². The van der Waals surface area contributed by atoms with E-state index in [0.29, 0.717) is 31.6 Å². The number of nitrogens with one attached hydrogen (secondary N) is 1. The molecule has 0 bridgehead atoms. The van der Waals surface area contributed by atoms with Crippen LogP contribution in [0, 0.1) is 5.92 Å². The molecule has 0 spiro atoms. The third-order valence-electron chi connectivity index (χ3n) is 4.93. The van der Waals surface area contributed by atoms with E-state index in [0.717, 1.165) is 25.8 Å². The average molecular weight is 287 g/mol. The van der Waals surface area contributed by atoms with Crippen LogP contribution in [0.25, 0.3) is 0 Å². The van der Waals surface area contributed by atoms with Gasteiger partial charge in [0.2, 0.25) is 0 Å². The number of hydrogen-bond donors (Lipinski definition) is 1. The summed E-state index contributed by atoms with van der Waals surface area (Å²) in [5.74, 6) is 0.517. The van der Waals surface area contributed by atoms with Crippen molar-refractivity contribution in [1.29, 1.82) is 0 Å². The molecule has 0 amide bonds. The fourth-order valence-corrected chi connectivity index (χ4v) is 5.70. The van der Waals surface area contributed by atoms with Crippen LogP contribution < -0.4 is 5.32 Å². The van der Waals surface area contributed by atoms with Crippen LogP contribution in [0.15, 0.2) is 0 Å². The van der Waals surface area contributed by atoms with Gasteiger partial charge in [-0.15, -0.1) is 0 Å². The van der Waals surface area contributed by atoms with E-state index >= 15 is 0 Å². The Kier molecular flexibility index (Phi) is 3.86. The Hall–Kier alpha value is -0.170. The topological polar surface area (TPSA) is 52.7 Å². The van der Waals surface area contributed by atoms with Crippen molar-refractivity contribution in [2.75, 3.05) is 26.2 Å². The van der Waals surface area contributed by atoms with E-state index < -0.39 is 10.2 Å². The quantitative estimate of drug-likeness (QED) is 0.817. The Morgan fingerprint density at radius 3 is 2.68 bits per heavy atom. The highest BCUT2D eigenvalue weighted by Crippen LogP contribution is 2.30. The van der Waals surface area contributed by atoms with Gasteiger partial charge in [-0.3, -0.25) is 0 Å². The summed E-state index contributed by atoms with van der Waals surface area (Å²) < 4.78 is 29.0. The molecule has 3 atom stereocenters. The van der Waals surface area contributed by atoms with E-state index in [9.17, 15) is 8.42 Å². The highest BCUT2D eigenvalue weighted by molar-refractivity contribution is 7.86. The lowest BCUT2D eigenvalue weighted by Gasteiger charge is -2.35. The fourth-order valence-electron chi connectivity index (χ4n) is 3.76. The van der Waals surface area contributed by atoms with Crippen LogP contribution in [-0.4, -0.2) is 55.3 Å². The molecule has 3 fully saturated rings. The summed E-state index contributed by atoms with van der Waals surface area (Å²) in [4.78, 5) is 0. The van der Waals surface area contributed by atoms with Gasteiger partial charge in [-0.25, -0.2) is 0 Å². The van der Waals surface area contributed by atoms with Crippen LogP contribution in [0.3, 0.4) is 0 Å². The zero-order valence-electron chi connectivity index (χ0n) is 11.7. The molecule has 6 heteroatoms. The van der Waals surface area contributed by atoms with Gasteiger partial charge in [-0.05, 0) is 45.1 Å². The van der Waals surface area contributed by atoms with Crippen molar-refractivity contribution < 1.29 is 8.42 Å². The summed E-state index contributed by atoms with van der Waals surface area (Å²) in [6, 6.07) is 0.540. The molecule has 0 radical (unpaired) electrons. The molecule has 0 saturated carbocycles. The van der Waals surface area contributed by atoms with Gasteiger partial charge in [0, 0.05) is 31.7 Å². The van der Waals surface area contributed by atoms with Crippen molar-refractivity contribution in [1.82, 2.24) is 13.9 Å². The lowest BCUT2D eigenvalue weighted by molar-refractivity contribution is 0.249. The number of rotatable bonds is 2. The van der Waals surface area contributed by atoms with Gasteiger partial charge < -0.3 is 5.32 Å². The molecule has 0 aromatic carbocycles. The molecule has 5 nitrogen and oxygen atoms in total. The third kappa shape index (κ3) is 2.55. The number of piperidine rings is 2. The zero-order chi connectivity index (χ0) is 13.5.